The van der Waals surface area contributed by atoms with Crippen LogP contribution in [0.4, 0.5) is 4.39 Å². The molecule has 1 fully saturated rings. The molecular formula is C10H19FN2O2. The van der Waals surface area contributed by atoms with Crippen LogP contribution < -0.4 is 5.73 Å². The fourth-order valence-corrected chi connectivity index (χ4v) is 1.93. The minimum atomic E-state index is -0.522. The van der Waals surface area contributed by atoms with Crippen molar-refractivity contribution in [3.8, 4) is 0 Å². The number of carbonyl (C=O) groups excluding carboxylic acids is 1. The topological polar surface area (TPSA) is 66.6 Å². The van der Waals surface area contributed by atoms with Crippen LogP contribution in [0.2, 0.25) is 0 Å². The highest BCUT2D eigenvalue weighted by molar-refractivity contribution is 5.81. The van der Waals surface area contributed by atoms with Gasteiger partial charge in [0.05, 0.1) is 18.8 Å². The van der Waals surface area contributed by atoms with Crippen molar-refractivity contribution in [2.45, 2.75) is 31.9 Å². The summed E-state index contributed by atoms with van der Waals surface area (Å²) >= 11 is 0. The van der Waals surface area contributed by atoms with E-state index in [2.05, 4.69) is 0 Å². The molecule has 0 aliphatic carbocycles. The molecule has 0 aromatic heterocycles. The van der Waals surface area contributed by atoms with Crippen LogP contribution in [0, 0.1) is 5.92 Å². The number of hydrogen-bond donors (Lipinski definition) is 2. The Bertz CT molecular complexity index is 223. The van der Waals surface area contributed by atoms with Crippen LogP contribution in [0.25, 0.3) is 0 Å². The number of piperidine rings is 1. The molecule has 1 saturated heterocycles. The van der Waals surface area contributed by atoms with Gasteiger partial charge in [0.25, 0.3) is 0 Å². The summed E-state index contributed by atoms with van der Waals surface area (Å²) in [5.74, 6) is -0.266. The van der Waals surface area contributed by atoms with Crippen LogP contribution in [0.3, 0.4) is 0 Å². The van der Waals surface area contributed by atoms with E-state index in [9.17, 15) is 14.3 Å². The van der Waals surface area contributed by atoms with E-state index in [0.29, 0.717) is 25.9 Å². The summed E-state index contributed by atoms with van der Waals surface area (Å²) in [6.45, 7) is 2.12. The summed E-state index contributed by atoms with van der Waals surface area (Å²) in [7, 11) is 0. The van der Waals surface area contributed by atoms with Gasteiger partial charge in [-0.15, -0.1) is 0 Å². The van der Waals surface area contributed by atoms with Gasteiger partial charge in [0.2, 0.25) is 5.91 Å². The SMILES string of the molecule is CC(N)C(=O)N1CCC(O)C(CCF)C1. The summed E-state index contributed by atoms with van der Waals surface area (Å²) in [5, 5.41) is 9.60. The average Bonchev–Trinajstić information content (AvgIpc) is 2.20. The Kier molecular flexibility index (Phi) is 4.47. The number of rotatable bonds is 3. The highest BCUT2D eigenvalue weighted by Crippen LogP contribution is 2.20. The standard InChI is InChI=1S/C10H19FN2O2/c1-7(12)10(15)13-5-3-9(14)8(6-13)2-4-11/h7-9,14H,2-6,12H2,1H3. The number of aliphatic hydroxyl groups excluding tert-OH is 1. The van der Waals surface area contributed by atoms with Crippen molar-refractivity contribution in [2.75, 3.05) is 19.8 Å². The number of nitrogens with two attached hydrogens (primary N) is 1. The Morgan fingerprint density at radius 3 is 2.93 bits per heavy atom. The maximum Gasteiger partial charge on any atom is 0.239 e. The minimum absolute atomic E-state index is 0.120. The summed E-state index contributed by atoms with van der Waals surface area (Å²) in [4.78, 5) is 13.2. The molecule has 4 nitrogen and oxygen atoms in total. The summed E-state index contributed by atoms with van der Waals surface area (Å²) < 4.78 is 12.2. The van der Waals surface area contributed by atoms with Gasteiger partial charge in [0.15, 0.2) is 0 Å². The molecule has 3 unspecified atom stereocenters. The Labute approximate surface area is 89.2 Å². The molecule has 0 bridgehead atoms. The second-order valence-corrected chi connectivity index (χ2v) is 4.17. The van der Waals surface area contributed by atoms with Crippen LogP contribution in [-0.2, 0) is 4.79 Å². The molecule has 3 atom stereocenters. The maximum absolute atomic E-state index is 12.2. The van der Waals surface area contributed by atoms with Crippen molar-refractivity contribution in [3.63, 3.8) is 0 Å². The average molecular weight is 218 g/mol. The molecule has 1 aliphatic rings. The van der Waals surface area contributed by atoms with Crippen molar-refractivity contribution in [1.29, 1.82) is 0 Å². The normalized spacial score (nSPS) is 28.9. The van der Waals surface area contributed by atoms with Gasteiger partial charge >= 0.3 is 0 Å². The third-order valence-electron chi connectivity index (χ3n) is 2.87. The molecule has 1 rings (SSSR count). The van der Waals surface area contributed by atoms with E-state index in [1.807, 2.05) is 0 Å². The number of likely N-dealkylation sites (tertiary alicyclic amines) is 1. The summed E-state index contributed by atoms with van der Waals surface area (Å²) in [6, 6.07) is -0.522. The van der Waals surface area contributed by atoms with Gasteiger partial charge in [0, 0.05) is 19.0 Å². The smallest absolute Gasteiger partial charge is 0.239 e. The molecule has 0 aromatic carbocycles. The van der Waals surface area contributed by atoms with Crippen molar-refractivity contribution in [1.82, 2.24) is 4.90 Å². The van der Waals surface area contributed by atoms with Crippen LogP contribution in [-0.4, -0.2) is 47.8 Å². The predicted molar refractivity (Wildman–Crippen MR) is 54.9 cm³/mol. The molecule has 0 radical (unpaired) electrons. The molecule has 0 aromatic rings. The van der Waals surface area contributed by atoms with Crippen molar-refractivity contribution in [2.24, 2.45) is 11.7 Å². The molecule has 1 aliphatic heterocycles. The zero-order valence-corrected chi connectivity index (χ0v) is 9.03. The van der Waals surface area contributed by atoms with Crippen LogP contribution in [0.15, 0.2) is 0 Å². The molecule has 1 amide bonds. The largest absolute Gasteiger partial charge is 0.393 e. The van der Waals surface area contributed by atoms with Gasteiger partial charge in [-0.3, -0.25) is 9.18 Å². The number of aliphatic hydroxyl groups is 1. The lowest BCUT2D eigenvalue weighted by Crippen LogP contribution is -2.50. The second kappa shape index (κ2) is 5.42. The van der Waals surface area contributed by atoms with E-state index in [1.165, 1.54) is 0 Å². The van der Waals surface area contributed by atoms with Gasteiger partial charge in [-0.1, -0.05) is 0 Å². The van der Waals surface area contributed by atoms with E-state index in [0.717, 1.165) is 0 Å². The van der Waals surface area contributed by atoms with Gasteiger partial charge < -0.3 is 15.7 Å². The number of hydrogen-bond acceptors (Lipinski definition) is 3. The lowest BCUT2D eigenvalue weighted by atomic mass is 9.92. The van der Waals surface area contributed by atoms with Crippen molar-refractivity contribution >= 4 is 5.91 Å². The Morgan fingerprint density at radius 2 is 2.40 bits per heavy atom. The molecule has 15 heavy (non-hydrogen) atoms. The fraction of sp³-hybridized carbons (Fsp3) is 0.900. The zero-order chi connectivity index (χ0) is 11.4. The predicted octanol–water partition coefficient (Wildman–Crippen LogP) is -0.0974. The molecule has 5 heteroatoms. The number of amides is 1. The first kappa shape index (κ1) is 12.4. The van der Waals surface area contributed by atoms with E-state index < -0.39 is 18.8 Å². The van der Waals surface area contributed by atoms with Crippen molar-refractivity contribution in [3.05, 3.63) is 0 Å². The number of carbonyl (C=O) groups is 1. The van der Waals surface area contributed by atoms with Crippen LogP contribution >= 0.6 is 0 Å². The lowest BCUT2D eigenvalue weighted by Gasteiger charge is -2.36. The molecular weight excluding hydrogens is 199 g/mol. The van der Waals surface area contributed by atoms with E-state index in [4.69, 9.17) is 5.73 Å². The molecule has 0 spiro atoms. The molecule has 0 saturated carbocycles. The third-order valence-corrected chi connectivity index (χ3v) is 2.87. The highest BCUT2D eigenvalue weighted by atomic mass is 19.1. The number of halogens is 1. The van der Waals surface area contributed by atoms with Gasteiger partial charge in [-0.05, 0) is 19.8 Å². The first-order valence-corrected chi connectivity index (χ1v) is 5.34. The summed E-state index contributed by atoms with van der Waals surface area (Å²) in [5.41, 5.74) is 5.49. The first-order chi connectivity index (χ1) is 7.06. The Hall–Kier alpha value is -0.680. The number of nitrogens with zero attached hydrogens (tertiary/aromatic N) is 1. The van der Waals surface area contributed by atoms with Gasteiger partial charge in [0.1, 0.15) is 0 Å². The van der Waals surface area contributed by atoms with E-state index in [1.54, 1.807) is 11.8 Å². The summed E-state index contributed by atoms with van der Waals surface area (Å²) in [6.07, 6.45) is 0.338. The van der Waals surface area contributed by atoms with E-state index in [-0.39, 0.29) is 11.8 Å². The number of alkyl halides is 1. The van der Waals surface area contributed by atoms with Crippen LogP contribution in [0.5, 0.6) is 0 Å². The molecule has 1 heterocycles. The van der Waals surface area contributed by atoms with E-state index >= 15 is 0 Å². The molecule has 3 N–H and O–H groups in total. The second-order valence-electron chi connectivity index (χ2n) is 4.17. The first-order valence-electron chi connectivity index (χ1n) is 5.34. The lowest BCUT2D eigenvalue weighted by molar-refractivity contribution is -0.136. The minimum Gasteiger partial charge on any atom is -0.393 e. The third kappa shape index (κ3) is 3.14. The van der Waals surface area contributed by atoms with Gasteiger partial charge in [-0.25, -0.2) is 0 Å². The van der Waals surface area contributed by atoms with Crippen LogP contribution in [0.1, 0.15) is 19.8 Å². The molecule has 88 valence electrons. The highest BCUT2D eigenvalue weighted by Gasteiger charge is 2.30. The Balaban J connectivity index is 2.53. The quantitative estimate of drug-likeness (QED) is 0.695. The van der Waals surface area contributed by atoms with Gasteiger partial charge in [-0.2, -0.15) is 0 Å². The maximum atomic E-state index is 12.2. The monoisotopic (exact) mass is 218 g/mol. The Morgan fingerprint density at radius 1 is 1.73 bits per heavy atom. The fourth-order valence-electron chi connectivity index (χ4n) is 1.93. The van der Waals surface area contributed by atoms with Crippen molar-refractivity contribution < 1.29 is 14.3 Å². The zero-order valence-electron chi connectivity index (χ0n) is 9.03.